The number of aryl methyl sites for hydroxylation is 2. The number of phenolic OH excluding ortho intramolecular Hbond substituents is 1. The molecule has 0 bridgehead atoms. The number of nitrogens with two attached hydrogens (primary N) is 2. The highest BCUT2D eigenvalue weighted by Gasteiger charge is 2.59. The van der Waals surface area contributed by atoms with Crippen LogP contribution < -0.4 is 69.5 Å². The van der Waals surface area contributed by atoms with Crippen molar-refractivity contribution in [3.8, 4) is 17.6 Å². The Morgan fingerprint density at radius 3 is 1.64 bits per heavy atom. The summed E-state index contributed by atoms with van der Waals surface area (Å²) in [5.41, 5.74) is 18.8. The SMILES string of the molecule is CC(C)[C@H](NC(=O)[C@@H](CCCCNC(=O)COC1CCCCC/C(NCCOCCOCCOCCOCCC(=O)NCCS(=O)(=O)O)=C\1N)NC(=O)CCOCCOCCOCCOCCNC(=O)CCC(=O)N1Cc2ccccc2C#Cc2ccccc21)C(=O)N[C@@H](CCCNC(N)=O)C(=O)Nc1ccc2c(c1)[C@@]1(C)CCC[C@](C)(C(=O)NC(=O)[C@@]3(C)CCC[C@]4(C)c5cc(O)ccc5CC[C@@H]34)C1CC2. The Morgan fingerprint density at radius 1 is 0.493 bits per heavy atom. The van der Waals surface area contributed by atoms with Gasteiger partial charge in [-0.25, -0.2) is 4.79 Å². The monoisotopic (exact) mass is 2000 g/mol. The second kappa shape index (κ2) is 57.1. The van der Waals surface area contributed by atoms with Crippen LogP contribution in [0.15, 0.2) is 96.3 Å². The van der Waals surface area contributed by atoms with Gasteiger partial charge in [-0.2, -0.15) is 8.42 Å². The first-order valence-corrected chi connectivity index (χ1v) is 52.1. The summed E-state index contributed by atoms with van der Waals surface area (Å²) in [5.74, 6) is 0.951. The number of hydrogen-bond acceptors (Lipinski definition) is 25. The topological polar surface area (TPSA) is 521 Å². The summed E-state index contributed by atoms with van der Waals surface area (Å²) in [6.07, 6.45) is 11.5. The number of para-hydroxylation sites is 1. The van der Waals surface area contributed by atoms with Crippen molar-refractivity contribution >= 4 is 86.6 Å². The molecule has 0 aromatic heterocycles. The van der Waals surface area contributed by atoms with Crippen molar-refractivity contribution in [3.63, 3.8) is 0 Å². The van der Waals surface area contributed by atoms with E-state index in [4.69, 9.17) is 58.7 Å². The zero-order valence-corrected chi connectivity index (χ0v) is 84.3. The van der Waals surface area contributed by atoms with Gasteiger partial charge in [-0.3, -0.25) is 57.8 Å². The lowest BCUT2D eigenvalue weighted by atomic mass is 9.49. The van der Waals surface area contributed by atoms with Crippen LogP contribution in [0.2, 0.25) is 0 Å². The van der Waals surface area contributed by atoms with Crippen molar-refractivity contribution in [2.45, 2.75) is 237 Å². The van der Waals surface area contributed by atoms with Gasteiger partial charge in [-0.1, -0.05) is 122 Å². The number of amides is 12. The van der Waals surface area contributed by atoms with Gasteiger partial charge in [0, 0.05) is 80.9 Å². The molecule has 4 aromatic rings. The number of urea groups is 1. The summed E-state index contributed by atoms with van der Waals surface area (Å²) in [6.45, 7) is 16.5. The van der Waals surface area contributed by atoms with Gasteiger partial charge in [0.15, 0.2) is 0 Å². The average molecular weight is 2000 g/mol. The third-order valence-corrected chi connectivity index (χ3v) is 29.0. The van der Waals surface area contributed by atoms with Crippen molar-refractivity contribution in [1.82, 2.24) is 47.9 Å². The van der Waals surface area contributed by atoms with Gasteiger partial charge in [-0.15, -0.1) is 0 Å². The average Bonchev–Trinajstić information content (AvgIpc) is 0.727. The third-order valence-electron chi connectivity index (χ3n) is 28.2. The minimum absolute atomic E-state index is 0.00470. The van der Waals surface area contributed by atoms with Gasteiger partial charge in [-0.05, 0) is 202 Å². The molecular formula is C104H151N13O24S. The van der Waals surface area contributed by atoms with E-state index in [0.717, 1.165) is 90.4 Å². The van der Waals surface area contributed by atoms with E-state index in [1.807, 2.05) is 92.7 Å². The lowest BCUT2D eigenvalue weighted by molar-refractivity contribution is -0.150. The Hall–Kier alpha value is -10.7. The van der Waals surface area contributed by atoms with Crippen molar-refractivity contribution < 1.29 is 113 Å². The van der Waals surface area contributed by atoms with Crippen LogP contribution in [0.25, 0.3) is 0 Å². The minimum atomic E-state index is -4.16. The zero-order chi connectivity index (χ0) is 102. The van der Waals surface area contributed by atoms with Crippen LogP contribution in [0.1, 0.15) is 222 Å². The number of anilines is 2. The number of allylic oxidation sites excluding steroid dienone is 1. The molecule has 5 aliphatic carbocycles. The summed E-state index contributed by atoms with van der Waals surface area (Å²) >= 11 is 0. The number of aromatic hydroxyl groups is 1. The lowest BCUT2D eigenvalue weighted by Crippen LogP contribution is -2.60. The smallest absolute Gasteiger partial charge is 0.312 e. The molecule has 10 rings (SSSR count). The predicted molar refractivity (Wildman–Crippen MR) is 532 cm³/mol. The Morgan fingerprint density at radius 2 is 1.02 bits per heavy atom. The van der Waals surface area contributed by atoms with E-state index < -0.39 is 97.8 Å². The highest BCUT2D eigenvalue weighted by atomic mass is 32.2. The highest BCUT2D eigenvalue weighted by Crippen LogP contribution is 2.60. The normalized spacial score (nSPS) is 21.3. The summed E-state index contributed by atoms with van der Waals surface area (Å²) in [4.78, 5) is 153. The van der Waals surface area contributed by atoms with Crippen molar-refractivity contribution in [2.75, 3.05) is 161 Å². The maximum atomic E-state index is 15.1. The number of carbonyl (C=O) groups excluding carboxylic acids is 11. The second-order valence-corrected chi connectivity index (χ2v) is 40.4. The first-order valence-electron chi connectivity index (χ1n) is 50.5. The van der Waals surface area contributed by atoms with E-state index in [1.165, 1.54) is 5.56 Å². The molecule has 782 valence electrons. The molecule has 2 saturated carbocycles. The van der Waals surface area contributed by atoms with Crippen molar-refractivity contribution in [2.24, 2.45) is 40.1 Å². The number of nitrogens with zero attached hydrogens (tertiary/aromatic N) is 1. The van der Waals surface area contributed by atoms with E-state index in [-0.39, 0.29) is 203 Å². The van der Waals surface area contributed by atoms with Gasteiger partial charge >= 0.3 is 6.03 Å². The van der Waals surface area contributed by atoms with Gasteiger partial charge in [0.2, 0.25) is 59.1 Å². The number of unbranched alkanes of at least 4 members (excludes halogenated alkanes) is 1. The van der Waals surface area contributed by atoms with Crippen molar-refractivity contribution in [3.05, 3.63) is 135 Å². The minimum Gasteiger partial charge on any atom is -0.508 e. The third kappa shape index (κ3) is 34.5. The lowest BCUT2D eigenvalue weighted by Gasteiger charge is -2.56. The molecular weight excluding hydrogens is 1850 g/mol. The Bertz CT molecular complexity index is 5110. The fourth-order valence-corrected chi connectivity index (χ4v) is 20.9. The molecule has 0 radical (unpaired) electrons. The maximum absolute atomic E-state index is 15.1. The van der Waals surface area contributed by atoms with Crippen LogP contribution >= 0.6 is 0 Å². The van der Waals surface area contributed by atoms with Crippen LogP contribution in [0.4, 0.5) is 16.2 Å². The molecule has 38 heteroatoms. The first-order chi connectivity index (χ1) is 68.2. The van der Waals surface area contributed by atoms with Crippen LogP contribution in [-0.4, -0.2) is 258 Å². The molecule has 6 aliphatic rings. The largest absolute Gasteiger partial charge is 0.508 e. The number of phenols is 1. The molecule has 1 aliphatic heterocycles. The number of fused-ring (bicyclic) bond motifs is 8. The predicted octanol–water partition coefficient (Wildman–Crippen LogP) is 7.41. The maximum Gasteiger partial charge on any atom is 0.312 e. The number of hydrogen-bond donors (Lipinski definition) is 14. The van der Waals surface area contributed by atoms with Crippen LogP contribution in [0.5, 0.6) is 5.75 Å². The molecule has 16 N–H and O–H groups in total. The van der Waals surface area contributed by atoms with Crippen molar-refractivity contribution in [1.29, 1.82) is 0 Å². The molecule has 0 spiro atoms. The highest BCUT2D eigenvalue weighted by molar-refractivity contribution is 7.85. The number of rotatable bonds is 59. The summed E-state index contributed by atoms with van der Waals surface area (Å²) in [6, 6.07) is 22.1. The van der Waals surface area contributed by atoms with E-state index in [1.54, 1.807) is 24.8 Å². The molecule has 12 amide bonds. The Balaban J connectivity index is 0.682. The summed E-state index contributed by atoms with van der Waals surface area (Å²) in [5, 5.41) is 39.4. The van der Waals surface area contributed by atoms with E-state index in [0.29, 0.717) is 121 Å². The Labute approximate surface area is 834 Å². The standard InChI is InChI=1S/C104H151N13O24S/c1-71(2)94(97(126)114-83(24-16-46-111-100(106)129)95(124)112-77-33-29-73-31-35-86-101(3,79(73)67-77)41-17-43-103(86,5)98(127)116-99(128)104(6)44-18-42-102(4)80-68-78(118)34-30-74(80)32-36-87(102)104)115-96(125)82(23-14-15-45-108-91(122)70-141-85-26-9-7-8-22-81(93(85)105)107-47-52-135-56-60-139-64-62-137-58-54-133-50-39-89(120)110-49-66-142(130,131)132)113-90(121)40-51-134-55-59-138-63-65-140-61-57-136-53-48-109-88(119)37-38-92(123)117-69-76-21-11-10-19-72(76)27-28-75-20-12-13-25-84(75)117/h10-13,19-21,25,29-30,33-34,67-68,71,82-83,85-87,94,107,118H,7-9,14-18,22-24,26,31-32,35-66,69-70,105H2,1-6H3,(H,108,122)(H,109,119)(H,110,120)(H,112,124)(H,113,121)(H,114,126)(H,115,125)(H3,106,111,129)(H,116,127,128)(H,130,131,132)/b93-81-/t82-,83+,85?,86?,87-,94+,101-,102-,103+,104+/m1/s1. The first kappa shape index (κ1) is 113. The number of primary amides is 1. The Kier molecular flexibility index (Phi) is 45.5. The number of ether oxygens (including phenoxy) is 9. The molecule has 0 saturated heterocycles. The number of carbonyl (C=O) groups is 11. The van der Waals surface area contributed by atoms with Gasteiger partial charge in [0.1, 0.15) is 30.5 Å². The molecule has 1 heterocycles. The van der Waals surface area contributed by atoms with Gasteiger partial charge < -0.3 is 112 Å². The van der Waals surface area contributed by atoms with Crippen LogP contribution in [-0.2, 0) is 131 Å². The van der Waals surface area contributed by atoms with E-state index >= 15 is 4.79 Å². The van der Waals surface area contributed by atoms with E-state index in [9.17, 15) is 61.5 Å². The molecule has 142 heavy (non-hydrogen) atoms. The second-order valence-electron chi connectivity index (χ2n) is 38.8. The van der Waals surface area contributed by atoms with Gasteiger partial charge in [0.25, 0.3) is 10.1 Å². The number of imide groups is 1. The van der Waals surface area contributed by atoms with Gasteiger partial charge in [0.05, 0.1) is 146 Å². The van der Waals surface area contributed by atoms with Crippen LogP contribution in [0, 0.1) is 40.4 Å². The zero-order valence-electron chi connectivity index (χ0n) is 83.5. The number of nitrogens with one attached hydrogen (secondary N) is 10. The molecule has 4 aromatic carbocycles. The summed E-state index contributed by atoms with van der Waals surface area (Å²) in [7, 11) is -4.16. The molecule has 10 atom stereocenters. The molecule has 2 unspecified atom stereocenters. The van der Waals surface area contributed by atoms with Crippen LogP contribution in [0.3, 0.4) is 0 Å². The summed E-state index contributed by atoms with van der Waals surface area (Å²) < 4.78 is 81.5. The molecule has 37 nitrogen and oxygen atoms in total. The fraction of sp³-hybridized carbons (Fsp3) is 0.625. The fourth-order valence-electron chi connectivity index (χ4n) is 20.6. The number of benzene rings is 4. The molecule has 2 fully saturated rings. The quantitative estimate of drug-likeness (QED) is 0.00885. The van der Waals surface area contributed by atoms with E-state index in [2.05, 4.69) is 78.9 Å².